The Kier molecular flexibility index (Phi) is 11.5. The molecule has 0 bridgehead atoms. The Bertz CT molecular complexity index is 1890. The first-order valence-corrected chi connectivity index (χ1v) is 16.9. The standard InChI is InChI=1S/C40H44N4O7/c1-26(2)36(43-37(47)31-21-20-28-16-12-13-19-30(28)41-31)33-24-40(51-44-33,23-27-14-8-6-9-15-27)38(48)42-32(22-35(46)50-39(3,4)5)34(45)25-49-29-17-10-7-11-18-29/h6-21,24,26,32,36,44H,22-23,25H2,1-5H3,(H,42,48)(H,43,47)/t32-,36-,40?/m0/s1. The zero-order valence-corrected chi connectivity index (χ0v) is 29.5. The van der Waals surface area contributed by atoms with Crippen molar-refractivity contribution in [3.05, 3.63) is 120 Å². The molecule has 3 N–H and O–H groups in total. The van der Waals surface area contributed by atoms with Crippen molar-refractivity contribution in [2.24, 2.45) is 5.92 Å². The number of carbonyl (C=O) groups excluding carboxylic acids is 4. The molecular formula is C40H44N4O7. The molecule has 1 aliphatic rings. The van der Waals surface area contributed by atoms with Crippen LogP contribution in [0.3, 0.4) is 0 Å². The van der Waals surface area contributed by atoms with E-state index < -0.39 is 59.9 Å². The van der Waals surface area contributed by atoms with E-state index in [0.29, 0.717) is 17.0 Å². The second-order valence-corrected chi connectivity index (χ2v) is 13.8. The van der Waals surface area contributed by atoms with Crippen molar-refractivity contribution in [2.75, 3.05) is 6.61 Å². The fraction of sp³-hybridized carbons (Fsp3) is 0.325. The molecule has 0 radical (unpaired) electrons. The van der Waals surface area contributed by atoms with Gasteiger partial charge in [0.1, 0.15) is 29.7 Å². The smallest absolute Gasteiger partial charge is 0.308 e. The van der Waals surface area contributed by atoms with E-state index in [9.17, 15) is 19.2 Å². The molecule has 1 aliphatic heterocycles. The number of nitrogens with one attached hydrogen (secondary N) is 3. The summed E-state index contributed by atoms with van der Waals surface area (Å²) in [6.07, 6.45) is 1.29. The van der Waals surface area contributed by atoms with E-state index in [0.717, 1.165) is 10.9 Å². The fourth-order valence-corrected chi connectivity index (χ4v) is 5.65. The number of Topliss-reactive ketones (excluding diaryl/α,β-unsaturated/α-hetero) is 1. The van der Waals surface area contributed by atoms with Gasteiger partial charge in [-0.25, -0.2) is 4.98 Å². The highest BCUT2D eigenvalue weighted by molar-refractivity contribution is 5.97. The first kappa shape index (κ1) is 36.7. The Morgan fingerprint density at radius 2 is 1.53 bits per heavy atom. The van der Waals surface area contributed by atoms with E-state index in [2.05, 4.69) is 21.1 Å². The average molecular weight is 693 g/mol. The van der Waals surface area contributed by atoms with Crippen molar-refractivity contribution < 1.29 is 33.5 Å². The summed E-state index contributed by atoms with van der Waals surface area (Å²) >= 11 is 0. The number of hydroxylamine groups is 1. The Morgan fingerprint density at radius 1 is 0.863 bits per heavy atom. The number of nitrogens with zero attached hydrogens (tertiary/aromatic N) is 1. The molecule has 3 aromatic carbocycles. The molecule has 4 aromatic rings. The summed E-state index contributed by atoms with van der Waals surface area (Å²) in [6.45, 7) is 8.63. The number of benzene rings is 3. The second kappa shape index (κ2) is 16.0. The van der Waals surface area contributed by atoms with Crippen LogP contribution in [-0.2, 0) is 30.4 Å². The SMILES string of the molecule is CC(C)[C@H](NC(=O)c1ccc2ccccc2n1)C1=CC(Cc2ccccc2)(C(=O)N[C@@H](CC(=O)OC(C)(C)C)C(=O)COc2ccccc2)ON1. The molecule has 0 fully saturated rings. The van der Waals surface area contributed by atoms with Crippen LogP contribution in [0.1, 0.15) is 57.1 Å². The minimum Gasteiger partial charge on any atom is -0.486 e. The summed E-state index contributed by atoms with van der Waals surface area (Å²) in [5.74, 6) is -1.92. The predicted octanol–water partition coefficient (Wildman–Crippen LogP) is 5.25. The zero-order valence-electron chi connectivity index (χ0n) is 29.5. The van der Waals surface area contributed by atoms with Crippen molar-refractivity contribution in [1.29, 1.82) is 0 Å². The highest BCUT2D eigenvalue weighted by Gasteiger charge is 2.46. The first-order valence-electron chi connectivity index (χ1n) is 16.9. The number of aromatic nitrogens is 1. The Hall–Kier alpha value is -5.55. The average Bonchev–Trinajstić information content (AvgIpc) is 3.53. The maximum Gasteiger partial charge on any atom is 0.308 e. The van der Waals surface area contributed by atoms with Crippen molar-refractivity contribution >= 4 is 34.5 Å². The van der Waals surface area contributed by atoms with Gasteiger partial charge in [0.15, 0.2) is 11.4 Å². The summed E-state index contributed by atoms with van der Waals surface area (Å²) in [5, 5.41) is 6.72. The third kappa shape index (κ3) is 9.79. The van der Waals surface area contributed by atoms with Gasteiger partial charge in [0.2, 0.25) is 0 Å². The van der Waals surface area contributed by atoms with Crippen LogP contribution in [0.5, 0.6) is 5.75 Å². The molecule has 11 nitrogen and oxygen atoms in total. The van der Waals surface area contributed by atoms with E-state index >= 15 is 0 Å². The quantitative estimate of drug-likeness (QED) is 0.151. The normalized spacial score (nSPS) is 16.8. The molecular weight excluding hydrogens is 648 g/mol. The Morgan fingerprint density at radius 3 is 2.22 bits per heavy atom. The van der Waals surface area contributed by atoms with Crippen LogP contribution in [-0.4, -0.2) is 58.4 Å². The van der Waals surface area contributed by atoms with Crippen LogP contribution in [0.15, 0.2) is 109 Å². The lowest BCUT2D eigenvalue weighted by atomic mass is 9.90. The van der Waals surface area contributed by atoms with Crippen LogP contribution >= 0.6 is 0 Å². The number of ether oxygens (including phenoxy) is 2. The summed E-state index contributed by atoms with van der Waals surface area (Å²) in [7, 11) is 0. The molecule has 51 heavy (non-hydrogen) atoms. The van der Waals surface area contributed by atoms with Crippen LogP contribution < -0.4 is 20.9 Å². The van der Waals surface area contributed by atoms with Crippen molar-refractivity contribution in [3.8, 4) is 5.75 Å². The number of hydrogen-bond acceptors (Lipinski definition) is 9. The number of para-hydroxylation sites is 2. The van der Waals surface area contributed by atoms with Gasteiger partial charge in [0.25, 0.3) is 11.8 Å². The molecule has 5 rings (SSSR count). The maximum atomic E-state index is 14.4. The molecule has 266 valence electrons. The molecule has 3 atom stereocenters. The van der Waals surface area contributed by atoms with Gasteiger partial charge in [-0.3, -0.25) is 29.5 Å². The summed E-state index contributed by atoms with van der Waals surface area (Å²) in [6, 6.07) is 27.2. The van der Waals surface area contributed by atoms with Crippen molar-refractivity contribution in [2.45, 2.75) is 70.7 Å². The van der Waals surface area contributed by atoms with Crippen LogP contribution in [0, 0.1) is 5.92 Å². The molecule has 2 heterocycles. The van der Waals surface area contributed by atoms with Crippen molar-refractivity contribution in [3.63, 3.8) is 0 Å². The van der Waals surface area contributed by atoms with Crippen LogP contribution in [0.2, 0.25) is 0 Å². The van der Waals surface area contributed by atoms with Gasteiger partial charge >= 0.3 is 5.97 Å². The largest absolute Gasteiger partial charge is 0.486 e. The number of ketones is 1. The monoisotopic (exact) mass is 692 g/mol. The highest BCUT2D eigenvalue weighted by atomic mass is 16.7. The molecule has 11 heteroatoms. The molecule has 1 unspecified atom stereocenters. The molecule has 0 aliphatic carbocycles. The van der Waals surface area contributed by atoms with Gasteiger partial charge in [0.05, 0.1) is 23.7 Å². The van der Waals surface area contributed by atoms with Crippen molar-refractivity contribution in [1.82, 2.24) is 21.1 Å². The van der Waals surface area contributed by atoms with E-state index in [4.69, 9.17) is 14.3 Å². The number of fused-ring (bicyclic) bond motifs is 1. The highest BCUT2D eigenvalue weighted by Crippen LogP contribution is 2.29. The number of hydrogen-bond donors (Lipinski definition) is 3. The predicted molar refractivity (Wildman–Crippen MR) is 192 cm³/mol. The van der Waals surface area contributed by atoms with E-state index in [1.807, 2.05) is 80.6 Å². The summed E-state index contributed by atoms with van der Waals surface area (Å²) < 4.78 is 11.2. The molecule has 1 aromatic heterocycles. The third-order valence-corrected chi connectivity index (χ3v) is 8.16. The Labute approximate surface area is 297 Å². The lowest BCUT2D eigenvalue weighted by Crippen LogP contribution is -2.54. The summed E-state index contributed by atoms with van der Waals surface area (Å²) in [5.41, 5.74) is 2.59. The fourth-order valence-electron chi connectivity index (χ4n) is 5.65. The van der Waals surface area contributed by atoms with Gasteiger partial charge < -0.3 is 20.1 Å². The topological polar surface area (TPSA) is 145 Å². The Balaban J connectivity index is 1.42. The molecule has 0 saturated heterocycles. The van der Waals surface area contributed by atoms with Gasteiger partial charge in [-0.05, 0) is 62.6 Å². The van der Waals surface area contributed by atoms with Crippen LogP contribution in [0.4, 0.5) is 0 Å². The number of esters is 1. The van der Waals surface area contributed by atoms with E-state index in [-0.39, 0.29) is 18.0 Å². The molecule has 0 saturated carbocycles. The van der Waals surface area contributed by atoms with Gasteiger partial charge in [-0.15, -0.1) is 0 Å². The van der Waals surface area contributed by atoms with E-state index in [1.165, 1.54) is 0 Å². The first-order chi connectivity index (χ1) is 24.3. The summed E-state index contributed by atoms with van der Waals surface area (Å²) in [4.78, 5) is 65.0. The number of pyridine rings is 1. The van der Waals surface area contributed by atoms with Gasteiger partial charge in [-0.1, -0.05) is 86.6 Å². The molecule has 2 amide bonds. The minimum atomic E-state index is -1.66. The maximum absolute atomic E-state index is 14.4. The number of amides is 2. The van der Waals surface area contributed by atoms with E-state index in [1.54, 1.807) is 57.2 Å². The third-order valence-electron chi connectivity index (χ3n) is 8.16. The lowest BCUT2D eigenvalue weighted by molar-refractivity contribution is -0.157. The second-order valence-electron chi connectivity index (χ2n) is 13.8. The van der Waals surface area contributed by atoms with Crippen LogP contribution in [0.25, 0.3) is 10.9 Å². The number of carbonyl (C=O) groups is 4. The van der Waals surface area contributed by atoms with Gasteiger partial charge in [0, 0.05) is 11.8 Å². The van der Waals surface area contributed by atoms with Gasteiger partial charge in [-0.2, -0.15) is 0 Å². The number of rotatable bonds is 14. The zero-order chi connectivity index (χ0) is 36.6. The minimum absolute atomic E-state index is 0.0784. The lowest BCUT2D eigenvalue weighted by Gasteiger charge is -2.28. The molecule has 0 spiro atoms.